The van der Waals surface area contributed by atoms with Crippen molar-refractivity contribution in [3.63, 3.8) is 0 Å². The lowest BCUT2D eigenvalue weighted by molar-refractivity contribution is 0.214. The minimum atomic E-state index is 0.737. The highest BCUT2D eigenvalue weighted by Crippen LogP contribution is 2.42. The summed E-state index contributed by atoms with van der Waals surface area (Å²) in [4.78, 5) is 2.68. The van der Waals surface area contributed by atoms with Crippen LogP contribution >= 0.6 is 0 Å². The maximum absolute atomic E-state index is 5.62. The SMILES string of the molecule is CCCN1CC[C@@H]2Cc3c(ccc(OC)c3OC)C[C@@H]21. The molecule has 1 aromatic rings. The molecule has 0 spiro atoms. The topological polar surface area (TPSA) is 21.7 Å². The maximum atomic E-state index is 5.62. The fraction of sp³-hybridized carbons (Fsp3) is 0.647. The molecule has 1 saturated heterocycles. The molecular weight excluding hydrogens is 250 g/mol. The Balaban J connectivity index is 1.91. The minimum Gasteiger partial charge on any atom is -0.493 e. The van der Waals surface area contributed by atoms with E-state index in [2.05, 4.69) is 24.0 Å². The normalized spacial score (nSPS) is 25.1. The number of hydrogen-bond donors (Lipinski definition) is 0. The van der Waals surface area contributed by atoms with Gasteiger partial charge >= 0.3 is 0 Å². The number of rotatable bonds is 4. The van der Waals surface area contributed by atoms with E-state index < -0.39 is 0 Å². The van der Waals surface area contributed by atoms with E-state index in [4.69, 9.17) is 9.47 Å². The van der Waals surface area contributed by atoms with Gasteiger partial charge in [0, 0.05) is 11.6 Å². The first-order valence-electron chi connectivity index (χ1n) is 7.75. The van der Waals surface area contributed by atoms with Gasteiger partial charge in [-0.15, -0.1) is 0 Å². The van der Waals surface area contributed by atoms with Crippen molar-refractivity contribution >= 4 is 0 Å². The summed E-state index contributed by atoms with van der Waals surface area (Å²) in [6.07, 6.45) is 4.88. The molecule has 20 heavy (non-hydrogen) atoms. The third kappa shape index (κ3) is 2.18. The van der Waals surface area contributed by atoms with Crippen molar-refractivity contribution in [3.8, 4) is 11.5 Å². The van der Waals surface area contributed by atoms with Gasteiger partial charge in [-0.25, -0.2) is 0 Å². The molecule has 0 aromatic heterocycles. The van der Waals surface area contributed by atoms with Crippen molar-refractivity contribution in [3.05, 3.63) is 23.3 Å². The molecule has 0 amide bonds. The molecule has 0 unspecified atom stereocenters. The molecule has 110 valence electrons. The summed E-state index contributed by atoms with van der Waals surface area (Å²) in [5, 5.41) is 0. The zero-order valence-corrected chi connectivity index (χ0v) is 12.8. The lowest BCUT2D eigenvalue weighted by Gasteiger charge is -2.34. The average molecular weight is 275 g/mol. The molecule has 0 N–H and O–H groups in total. The van der Waals surface area contributed by atoms with Gasteiger partial charge < -0.3 is 9.47 Å². The molecule has 3 nitrogen and oxygen atoms in total. The Morgan fingerprint density at radius 2 is 2.05 bits per heavy atom. The Kier molecular flexibility index (Phi) is 3.88. The van der Waals surface area contributed by atoms with Crippen LogP contribution < -0.4 is 9.47 Å². The van der Waals surface area contributed by atoms with Crippen LogP contribution in [-0.2, 0) is 12.8 Å². The zero-order valence-electron chi connectivity index (χ0n) is 12.8. The van der Waals surface area contributed by atoms with Crippen LogP contribution in [0.1, 0.15) is 30.9 Å². The van der Waals surface area contributed by atoms with Gasteiger partial charge in [-0.3, -0.25) is 4.90 Å². The molecule has 3 heteroatoms. The highest BCUT2D eigenvalue weighted by molar-refractivity contribution is 5.52. The maximum Gasteiger partial charge on any atom is 0.164 e. The Labute approximate surface area is 121 Å². The fourth-order valence-electron chi connectivity index (χ4n) is 4.02. The molecule has 0 saturated carbocycles. The molecule has 1 heterocycles. The molecule has 1 aliphatic carbocycles. The lowest BCUT2D eigenvalue weighted by Crippen LogP contribution is -2.38. The third-order valence-electron chi connectivity index (χ3n) is 4.95. The number of likely N-dealkylation sites (tertiary alicyclic amines) is 1. The smallest absolute Gasteiger partial charge is 0.164 e. The first-order chi connectivity index (χ1) is 9.78. The largest absolute Gasteiger partial charge is 0.493 e. The van der Waals surface area contributed by atoms with Crippen LogP contribution in [0.4, 0.5) is 0 Å². The van der Waals surface area contributed by atoms with Crippen molar-refractivity contribution in [1.82, 2.24) is 4.90 Å². The first-order valence-corrected chi connectivity index (χ1v) is 7.75. The van der Waals surface area contributed by atoms with Gasteiger partial charge in [0.1, 0.15) is 0 Å². The quantitative estimate of drug-likeness (QED) is 0.843. The Morgan fingerprint density at radius 3 is 2.75 bits per heavy atom. The van der Waals surface area contributed by atoms with Gasteiger partial charge in [-0.2, -0.15) is 0 Å². The van der Waals surface area contributed by atoms with Crippen LogP contribution in [0.15, 0.2) is 12.1 Å². The third-order valence-corrected chi connectivity index (χ3v) is 4.95. The van der Waals surface area contributed by atoms with E-state index in [0.29, 0.717) is 0 Å². The molecular formula is C17H25NO2. The zero-order chi connectivity index (χ0) is 14.1. The van der Waals surface area contributed by atoms with E-state index in [1.54, 1.807) is 14.2 Å². The van der Waals surface area contributed by atoms with Crippen LogP contribution in [0.2, 0.25) is 0 Å². The number of nitrogens with zero attached hydrogens (tertiary/aromatic N) is 1. The van der Waals surface area contributed by atoms with Crippen LogP contribution in [-0.4, -0.2) is 38.3 Å². The Bertz CT molecular complexity index is 486. The van der Waals surface area contributed by atoms with Gasteiger partial charge in [0.05, 0.1) is 14.2 Å². The van der Waals surface area contributed by atoms with Crippen LogP contribution in [0.25, 0.3) is 0 Å². The molecule has 0 radical (unpaired) electrons. The number of ether oxygens (including phenoxy) is 2. The molecule has 0 bridgehead atoms. The Hall–Kier alpha value is -1.22. The van der Waals surface area contributed by atoms with E-state index in [-0.39, 0.29) is 0 Å². The van der Waals surface area contributed by atoms with Gasteiger partial charge in [0.25, 0.3) is 0 Å². The van der Waals surface area contributed by atoms with Gasteiger partial charge in [0.2, 0.25) is 0 Å². The average Bonchev–Trinajstić information content (AvgIpc) is 2.86. The van der Waals surface area contributed by atoms with Crippen LogP contribution in [0.5, 0.6) is 11.5 Å². The Morgan fingerprint density at radius 1 is 1.20 bits per heavy atom. The predicted octanol–water partition coefficient (Wildman–Crippen LogP) is 2.90. The number of methoxy groups -OCH3 is 2. The highest BCUT2D eigenvalue weighted by Gasteiger charge is 2.38. The van der Waals surface area contributed by atoms with E-state index in [1.807, 2.05) is 0 Å². The number of benzene rings is 1. The van der Waals surface area contributed by atoms with E-state index in [0.717, 1.165) is 29.9 Å². The minimum absolute atomic E-state index is 0.737. The van der Waals surface area contributed by atoms with Crippen LogP contribution in [0.3, 0.4) is 0 Å². The standard InChI is InChI=1S/C17H25NO2/c1-4-8-18-9-7-13-10-14-12(11-15(13)18)5-6-16(19-2)17(14)20-3/h5-6,13,15H,4,7-11H2,1-3H3/t13-,15+/m1/s1. The monoisotopic (exact) mass is 275 g/mol. The van der Waals surface area contributed by atoms with Crippen molar-refractivity contribution in [2.45, 2.75) is 38.6 Å². The summed E-state index contributed by atoms with van der Waals surface area (Å²) in [5.74, 6) is 2.61. The van der Waals surface area contributed by atoms with Crippen LogP contribution in [0, 0.1) is 5.92 Å². The van der Waals surface area contributed by atoms with Crippen molar-refractivity contribution in [1.29, 1.82) is 0 Å². The summed E-state index contributed by atoms with van der Waals surface area (Å²) >= 11 is 0. The van der Waals surface area contributed by atoms with E-state index in [9.17, 15) is 0 Å². The molecule has 1 aromatic carbocycles. The fourth-order valence-corrected chi connectivity index (χ4v) is 4.02. The second-order valence-corrected chi connectivity index (χ2v) is 6.00. The van der Waals surface area contributed by atoms with Crippen molar-refractivity contribution in [2.75, 3.05) is 27.3 Å². The lowest BCUT2D eigenvalue weighted by atomic mass is 9.80. The molecule has 1 aliphatic heterocycles. The van der Waals surface area contributed by atoms with Crippen molar-refractivity contribution in [2.24, 2.45) is 5.92 Å². The highest BCUT2D eigenvalue weighted by atomic mass is 16.5. The molecule has 3 rings (SSSR count). The summed E-state index contributed by atoms with van der Waals surface area (Å²) in [6, 6.07) is 5.02. The summed E-state index contributed by atoms with van der Waals surface area (Å²) < 4.78 is 11.1. The summed E-state index contributed by atoms with van der Waals surface area (Å²) in [6.45, 7) is 4.78. The molecule has 1 fully saturated rings. The van der Waals surface area contributed by atoms with E-state index >= 15 is 0 Å². The van der Waals surface area contributed by atoms with Gasteiger partial charge in [-0.05, 0) is 56.3 Å². The van der Waals surface area contributed by atoms with E-state index in [1.165, 1.54) is 43.5 Å². The second-order valence-electron chi connectivity index (χ2n) is 6.00. The molecule has 2 atom stereocenters. The number of fused-ring (bicyclic) bond motifs is 2. The number of hydrogen-bond acceptors (Lipinski definition) is 3. The molecule has 2 aliphatic rings. The predicted molar refractivity (Wildman–Crippen MR) is 80.7 cm³/mol. The summed E-state index contributed by atoms with van der Waals surface area (Å²) in [7, 11) is 3.47. The first kappa shape index (κ1) is 13.7. The van der Waals surface area contributed by atoms with Gasteiger partial charge in [-0.1, -0.05) is 13.0 Å². The second kappa shape index (κ2) is 5.65. The summed E-state index contributed by atoms with van der Waals surface area (Å²) in [5.41, 5.74) is 2.83. The van der Waals surface area contributed by atoms with Crippen molar-refractivity contribution < 1.29 is 9.47 Å². The van der Waals surface area contributed by atoms with Gasteiger partial charge in [0.15, 0.2) is 11.5 Å².